The van der Waals surface area contributed by atoms with Crippen LogP contribution in [-0.4, -0.2) is 31.7 Å². The number of nitrogens with one attached hydrogen (secondary N) is 1. The largest absolute Gasteiger partial charge is 0.314 e. The van der Waals surface area contributed by atoms with Gasteiger partial charge >= 0.3 is 0 Å². The van der Waals surface area contributed by atoms with Gasteiger partial charge in [-0.1, -0.05) is 0 Å². The van der Waals surface area contributed by atoms with Gasteiger partial charge in [0, 0.05) is 19.0 Å². The van der Waals surface area contributed by atoms with E-state index >= 15 is 0 Å². The molecule has 0 atom stereocenters. The van der Waals surface area contributed by atoms with Gasteiger partial charge in [-0.2, -0.15) is 0 Å². The smallest absolute Gasteiger partial charge is 0.247 e. The van der Waals surface area contributed by atoms with Gasteiger partial charge in [-0.25, -0.2) is 18.4 Å². The van der Waals surface area contributed by atoms with Crippen molar-refractivity contribution < 1.29 is 8.42 Å². The molecule has 0 aromatic carbocycles. The highest BCUT2D eigenvalue weighted by Crippen LogP contribution is 2.01. The Hall–Kier alpha value is -1.01. The normalized spacial score (nSPS) is 11.5. The second-order valence-electron chi connectivity index (χ2n) is 2.63. The van der Waals surface area contributed by atoms with Crippen molar-refractivity contribution in [1.82, 2.24) is 15.3 Å². The highest BCUT2D eigenvalue weighted by molar-refractivity contribution is 7.90. The topological polar surface area (TPSA) is 72.0 Å². The van der Waals surface area contributed by atoms with E-state index in [1.807, 2.05) is 0 Å². The van der Waals surface area contributed by atoms with Crippen molar-refractivity contribution in [3.05, 3.63) is 18.0 Å². The van der Waals surface area contributed by atoms with Crippen molar-refractivity contribution in [1.29, 1.82) is 0 Å². The third-order valence-corrected chi connectivity index (χ3v) is 2.24. The summed E-state index contributed by atoms with van der Waals surface area (Å²) in [6.07, 6.45) is 2.53. The minimum atomic E-state index is -3.29. The van der Waals surface area contributed by atoms with E-state index in [1.54, 1.807) is 13.1 Å². The quantitative estimate of drug-likeness (QED) is 0.674. The molecule has 1 N–H and O–H groups in total. The van der Waals surface area contributed by atoms with Gasteiger partial charge in [0.05, 0.1) is 5.69 Å². The average molecular weight is 201 g/mol. The van der Waals surface area contributed by atoms with Crippen molar-refractivity contribution in [2.45, 2.75) is 11.7 Å². The van der Waals surface area contributed by atoms with Crippen LogP contribution >= 0.6 is 0 Å². The summed E-state index contributed by atoms with van der Waals surface area (Å²) in [5.74, 6) is 0. The van der Waals surface area contributed by atoms with Crippen molar-refractivity contribution >= 4 is 9.84 Å². The Morgan fingerprint density at radius 1 is 1.54 bits per heavy atom. The molecular formula is C7H11N3O2S. The highest BCUT2D eigenvalue weighted by atomic mass is 32.2. The maximum atomic E-state index is 11.0. The molecule has 13 heavy (non-hydrogen) atoms. The monoisotopic (exact) mass is 201 g/mol. The molecule has 0 spiro atoms. The molecule has 0 saturated carbocycles. The maximum absolute atomic E-state index is 11.0. The fourth-order valence-corrected chi connectivity index (χ4v) is 1.37. The fraction of sp³-hybridized carbons (Fsp3) is 0.429. The molecule has 0 radical (unpaired) electrons. The van der Waals surface area contributed by atoms with E-state index in [0.717, 1.165) is 6.26 Å². The molecule has 0 saturated heterocycles. The molecule has 0 aliphatic carbocycles. The van der Waals surface area contributed by atoms with Crippen LogP contribution in [0.3, 0.4) is 0 Å². The van der Waals surface area contributed by atoms with E-state index in [-0.39, 0.29) is 5.16 Å². The summed E-state index contributed by atoms with van der Waals surface area (Å²) in [6, 6.07) is 1.67. The highest BCUT2D eigenvalue weighted by Gasteiger charge is 2.10. The lowest BCUT2D eigenvalue weighted by molar-refractivity contribution is 0.591. The van der Waals surface area contributed by atoms with E-state index in [1.165, 1.54) is 6.20 Å². The SMILES string of the molecule is CNCc1ccnc(S(C)(=O)=O)n1. The minimum absolute atomic E-state index is 0.125. The molecule has 72 valence electrons. The zero-order chi connectivity index (χ0) is 9.90. The molecule has 0 amide bonds. The van der Waals surface area contributed by atoms with Crippen molar-refractivity contribution in [2.75, 3.05) is 13.3 Å². The Balaban J connectivity index is 3.06. The lowest BCUT2D eigenvalue weighted by Gasteiger charge is -2.00. The van der Waals surface area contributed by atoms with Crippen LogP contribution in [0.1, 0.15) is 5.69 Å². The van der Waals surface area contributed by atoms with E-state index in [9.17, 15) is 8.42 Å². The van der Waals surface area contributed by atoms with Gasteiger partial charge in [0.2, 0.25) is 15.0 Å². The first-order valence-electron chi connectivity index (χ1n) is 3.70. The Labute approximate surface area is 77.1 Å². The molecule has 5 nitrogen and oxygen atoms in total. The van der Waals surface area contributed by atoms with Gasteiger partial charge in [-0.15, -0.1) is 0 Å². The first-order chi connectivity index (χ1) is 6.04. The molecule has 0 fully saturated rings. The van der Waals surface area contributed by atoms with Crippen LogP contribution in [0.15, 0.2) is 17.4 Å². The van der Waals surface area contributed by atoms with Gasteiger partial charge in [0.15, 0.2) is 0 Å². The fourth-order valence-electron chi connectivity index (χ4n) is 0.834. The zero-order valence-corrected chi connectivity index (χ0v) is 8.30. The number of nitrogens with zero attached hydrogens (tertiary/aromatic N) is 2. The Morgan fingerprint density at radius 3 is 2.77 bits per heavy atom. The summed E-state index contributed by atoms with van der Waals surface area (Å²) < 4.78 is 22.1. The van der Waals surface area contributed by atoms with Crippen LogP contribution in [0.25, 0.3) is 0 Å². The Morgan fingerprint density at radius 2 is 2.23 bits per heavy atom. The van der Waals surface area contributed by atoms with Crippen molar-refractivity contribution in [3.8, 4) is 0 Å². The average Bonchev–Trinajstić information content (AvgIpc) is 2.04. The number of hydrogen-bond donors (Lipinski definition) is 1. The molecule has 0 aliphatic rings. The molecule has 1 aromatic heterocycles. The van der Waals surface area contributed by atoms with E-state index in [2.05, 4.69) is 15.3 Å². The Bertz CT molecular complexity index is 388. The van der Waals surface area contributed by atoms with Gasteiger partial charge < -0.3 is 5.32 Å². The summed E-state index contributed by atoms with van der Waals surface area (Å²) in [5, 5.41) is 2.75. The van der Waals surface area contributed by atoms with Gasteiger partial charge in [0.1, 0.15) is 0 Å². The molecule has 1 rings (SSSR count). The number of rotatable bonds is 3. The zero-order valence-electron chi connectivity index (χ0n) is 7.48. The third-order valence-electron chi connectivity index (χ3n) is 1.38. The van der Waals surface area contributed by atoms with Crippen LogP contribution in [-0.2, 0) is 16.4 Å². The maximum Gasteiger partial charge on any atom is 0.247 e. The molecule has 6 heteroatoms. The number of sulfone groups is 1. The second-order valence-corrected chi connectivity index (χ2v) is 4.54. The standard InChI is InChI=1S/C7H11N3O2S/c1-8-5-6-3-4-9-7(10-6)13(2,11)12/h3-4,8H,5H2,1-2H3. The van der Waals surface area contributed by atoms with Crippen LogP contribution in [0.2, 0.25) is 0 Å². The minimum Gasteiger partial charge on any atom is -0.314 e. The summed E-state index contributed by atoms with van der Waals surface area (Å²) in [4.78, 5) is 7.54. The predicted molar refractivity (Wildman–Crippen MR) is 47.9 cm³/mol. The molecular weight excluding hydrogens is 190 g/mol. The lowest BCUT2D eigenvalue weighted by atomic mass is 10.4. The number of hydrogen-bond acceptors (Lipinski definition) is 5. The molecule has 0 bridgehead atoms. The number of aromatic nitrogens is 2. The first kappa shape index (κ1) is 10.1. The molecule has 1 aromatic rings. The lowest BCUT2D eigenvalue weighted by Crippen LogP contribution is -2.10. The van der Waals surface area contributed by atoms with Crippen LogP contribution in [0.4, 0.5) is 0 Å². The molecule has 0 aliphatic heterocycles. The van der Waals surface area contributed by atoms with Crippen LogP contribution in [0, 0.1) is 0 Å². The van der Waals surface area contributed by atoms with Crippen molar-refractivity contribution in [3.63, 3.8) is 0 Å². The van der Waals surface area contributed by atoms with Gasteiger partial charge in [-0.05, 0) is 13.1 Å². The predicted octanol–water partition coefficient (Wildman–Crippen LogP) is -0.401. The van der Waals surface area contributed by atoms with E-state index < -0.39 is 9.84 Å². The molecule has 1 heterocycles. The summed E-state index contributed by atoms with van der Waals surface area (Å²) in [7, 11) is -1.53. The van der Waals surface area contributed by atoms with E-state index in [0.29, 0.717) is 12.2 Å². The Kier molecular flexibility index (Phi) is 2.94. The third kappa shape index (κ3) is 2.74. The molecule has 0 unspecified atom stereocenters. The summed E-state index contributed by atoms with van der Waals surface area (Å²) in [5.41, 5.74) is 0.665. The second kappa shape index (κ2) is 3.80. The van der Waals surface area contributed by atoms with Crippen LogP contribution < -0.4 is 5.32 Å². The van der Waals surface area contributed by atoms with Crippen LogP contribution in [0.5, 0.6) is 0 Å². The summed E-state index contributed by atoms with van der Waals surface area (Å²) >= 11 is 0. The van der Waals surface area contributed by atoms with E-state index in [4.69, 9.17) is 0 Å². The summed E-state index contributed by atoms with van der Waals surface area (Å²) in [6.45, 7) is 0.533. The first-order valence-corrected chi connectivity index (χ1v) is 5.60. The van der Waals surface area contributed by atoms with Gasteiger partial charge in [-0.3, -0.25) is 0 Å². The van der Waals surface area contributed by atoms with Gasteiger partial charge in [0.25, 0.3) is 0 Å². The van der Waals surface area contributed by atoms with Crippen molar-refractivity contribution in [2.24, 2.45) is 0 Å².